The number of oxime groups is 1. The smallest absolute Gasteiger partial charge is 0.145 e. The Morgan fingerprint density at radius 2 is 1.64 bits per heavy atom. The van der Waals surface area contributed by atoms with Crippen LogP contribution in [0.5, 0.6) is 0 Å². The summed E-state index contributed by atoms with van der Waals surface area (Å²) in [5.41, 5.74) is 3.31. The van der Waals surface area contributed by atoms with E-state index in [1.807, 2.05) is 48.5 Å². The fourth-order valence-corrected chi connectivity index (χ4v) is 3.95. The largest absolute Gasteiger partial charge is 0.390 e. The van der Waals surface area contributed by atoms with Gasteiger partial charge in [-0.2, -0.15) is 0 Å². The maximum absolute atomic E-state index is 14.1. The third kappa shape index (κ3) is 6.96. The van der Waals surface area contributed by atoms with E-state index in [2.05, 4.69) is 22.2 Å². The second-order valence-corrected chi connectivity index (χ2v) is 8.28. The molecule has 3 aromatic carbocycles. The Hall–Kier alpha value is -3.06. The topological polar surface area (TPSA) is 54.3 Å². The van der Waals surface area contributed by atoms with E-state index in [0.29, 0.717) is 43.9 Å². The number of hydrogen-bond acceptors (Lipinski definition) is 5. The van der Waals surface area contributed by atoms with Crippen LogP contribution in [0.4, 0.5) is 4.39 Å². The summed E-state index contributed by atoms with van der Waals surface area (Å²) in [7, 11) is 0. The van der Waals surface area contributed by atoms with Crippen LogP contribution in [-0.4, -0.2) is 47.6 Å². The van der Waals surface area contributed by atoms with Crippen LogP contribution in [0.2, 0.25) is 0 Å². The number of hydrogen-bond donors (Lipinski definition) is 1. The molecule has 0 saturated heterocycles. The van der Waals surface area contributed by atoms with Gasteiger partial charge in [0.25, 0.3) is 0 Å². The van der Waals surface area contributed by atoms with E-state index < -0.39 is 6.10 Å². The van der Waals surface area contributed by atoms with Gasteiger partial charge in [-0.15, -0.1) is 0 Å². The monoisotopic (exact) mass is 448 g/mol. The van der Waals surface area contributed by atoms with Crippen LogP contribution < -0.4 is 0 Å². The fourth-order valence-electron chi connectivity index (χ4n) is 3.95. The van der Waals surface area contributed by atoms with Gasteiger partial charge in [0, 0.05) is 31.6 Å². The first-order valence-electron chi connectivity index (χ1n) is 11.2. The summed E-state index contributed by atoms with van der Waals surface area (Å²) >= 11 is 0. The number of nitrogens with zero attached hydrogens (tertiary/aromatic N) is 2. The molecule has 33 heavy (non-hydrogen) atoms. The van der Waals surface area contributed by atoms with Crippen LogP contribution in [0.15, 0.2) is 90.1 Å². The molecule has 0 spiro atoms. The minimum absolute atomic E-state index is 0.208. The highest BCUT2D eigenvalue weighted by Crippen LogP contribution is 2.20. The van der Waals surface area contributed by atoms with Crippen molar-refractivity contribution < 1.29 is 19.1 Å². The van der Waals surface area contributed by atoms with Crippen LogP contribution in [0.1, 0.15) is 23.1 Å². The highest BCUT2D eigenvalue weighted by molar-refractivity contribution is 6.01. The van der Waals surface area contributed by atoms with Crippen molar-refractivity contribution in [1.29, 1.82) is 0 Å². The van der Waals surface area contributed by atoms with Gasteiger partial charge in [0.1, 0.15) is 11.9 Å². The molecule has 0 amide bonds. The Labute approximate surface area is 194 Å². The molecule has 4 rings (SSSR count). The van der Waals surface area contributed by atoms with Crippen molar-refractivity contribution in [2.24, 2.45) is 5.16 Å². The molecule has 2 unspecified atom stereocenters. The molecule has 3 aromatic rings. The molecule has 0 aliphatic carbocycles. The van der Waals surface area contributed by atoms with Crippen molar-refractivity contribution in [3.05, 3.63) is 107 Å². The third-order valence-electron chi connectivity index (χ3n) is 5.52. The SMILES string of the molecule is OC(COCc1ccccc1)CN(Cc1ccccc1)CC1CC(c2ccccc2F)=NO1. The lowest BCUT2D eigenvalue weighted by Gasteiger charge is -2.27. The maximum Gasteiger partial charge on any atom is 0.145 e. The zero-order chi connectivity index (χ0) is 22.9. The number of halogens is 1. The number of rotatable bonds is 11. The first-order chi connectivity index (χ1) is 16.2. The summed E-state index contributed by atoms with van der Waals surface area (Å²) in [6.07, 6.45) is -0.334. The summed E-state index contributed by atoms with van der Waals surface area (Å²) in [6, 6.07) is 26.6. The lowest BCUT2D eigenvalue weighted by Crippen LogP contribution is -2.39. The molecular weight excluding hydrogens is 419 g/mol. The average Bonchev–Trinajstić information content (AvgIpc) is 3.29. The van der Waals surface area contributed by atoms with Crippen molar-refractivity contribution in [2.45, 2.75) is 31.8 Å². The van der Waals surface area contributed by atoms with Crippen molar-refractivity contribution in [3.8, 4) is 0 Å². The van der Waals surface area contributed by atoms with E-state index in [-0.39, 0.29) is 18.5 Å². The van der Waals surface area contributed by atoms with Crippen LogP contribution >= 0.6 is 0 Å². The Morgan fingerprint density at radius 3 is 2.36 bits per heavy atom. The predicted octanol–water partition coefficient (Wildman–Crippen LogP) is 4.40. The molecule has 1 heterocycles. The number of aliphatic hydroxyl groups excluding tert-OH is 1. The molecule has 172 valence electrons. The Balaban J connectivity index is 1.33. The van der Waals surface area contributed by atoms with Gasteiger partial charge < -0.3 is 14.7 Å². The van der Waals surface area contributed by atoms with Crippen molar-refractivity contribution in [2.75, 3.05) is 19.7 Å². The lowest BCUT2D eigenvalue weighted by molar-refractivity contribution is -0.00648. The molecule has 0 aromatic heterocycles. The van der Waals surface area contributed by atoms with Gasteiger partial charge >= 0.3 is 0 Å². The van der Waals surface area contributed by atoms with E-state index >= 15 is 0 Å². The van der Waals surface area contributed by atoms with E-state index in [4.69, 9.17) is 9.57 Å². The van der Waals surface area contributed by atoms with Crippen LogP contribution in [0.25, 0.3) is 0 Å². The van der Waals surface area contributed by atoms with Gasteiger partial charge in [-0.25, -0.2) is 4.39 Å². The normalized spacial score (nSPS) is 16.5. The molecule has 0 bridgehead atoms. The van der Waals surface area contributed by atoms with E-state index in [1.54, 1.807) is 18.2 Å². The van der Waals surface area contributed by atoms with Gasteiger partial charge in [-0.05, 0) is 17.2 Å². The zero-order valence-electron chi connectivity index (χ0n) is 18.5. The fraction of sp³-hybridized carbons (Fsp3) is 0.296. The lowest BCUT2D eigenvalue weighted by atomic mass is 10.0. The summed E-state index contributed by atoms with van der Waals surface area (Å²) in [5, 5.41) is 14.8. The first-order valence-corrected chi connectivity index (χ1v) is 11.2. The van der Waals surface area contributed by atoms with Gasteiger partial charge in [0.15, 0.2) is 0 Å². The minimum Gasteiger partial charge on any atom is -0.390 e. The van der Waals surface area contributed by atoms with Gasteiger partial charge in [0.05, 0.1) is 25.0 Å². The third-order valence-corrected chi connectivity index (χ3v) is 5.52. The second kappa shape index (κ2) is 11.7. The van der Waals surface area contributed by atoms with Crippen LogP contribution in [0, 0.1) is 5.82 Å². The summed E-state index contributed by atoms with van der Waals surface area (Å²) < 4.78 is 19.9. The van der Waals surface area contributed by atoms with Crippen LogP contribution in [0.3, 0.4) is 0 Å². The first kappa shape index (κ1) is 23.1. The van der Waals surface area contributed by atoms with Crippen molar-refractivity contribution >= 4 is 5.71 Å². The molecule has 0 fully saturated rings. The number of aliphatic hydroxyl groups is 1. The average molecular weight is 449 g/mol. The molecule has 5 nitrogen and oxygen atoms in total. The highest BCUT2D eigenvalue weighted by atomic mass is 19.1. The number of benzene rings is 3. The molecule has 2 atom stereocenters. The van der Waals surface area contributed by atoms with E-state index in [1.165, 1.54) is 6.07 Å². The summed E-state index contributed by atoms with van der Waals surface area (Å²) in [6.45, 7) is 2.35. The van der Waals surface area contributed by atoms with Gasteiger partial charge in [0.2, 0.25) is 0 Å². The highest BCUT2D eigenvalue weighted by Gasteiger charge is 2.27. The molecule has 6 heteroatoms. The van der Waals surface area contributed by atoms with Gasteiger partial charge in [-0.1, -0.05) is 84.0 Å². The zero-order valence-corrected chi connectivity index (χ0v) is 18.5. The van der Waals surface area contributed by atoms with E-state index in [9.17, 15) is 9.50 Å². The molecule has 1 N–H and O–H groups in total. The Morgan fingerprint density at radius 1 is 0.970 bits per heavy atom. The molecule has 1 aliphatic rings. The van der Waals surface area contributed by atoms with Crippen molar-refractivity contribution in [1.82, 2.24) is 4.90 Å². The summed E-state index contributed by atoms with van der Waals surface area (Å²) in [5.74, 6) is -0.298. The Kier molecular flexibility index (Phi) is 8.19. The molecule has 0 saturated carbocycles. The Bertz CT molecular complexity index is 1030. The minimum atomic E-state index is -0.647. The van der Waals surface area contributed by atoms with E-state index in [0.717, 1.165) is 11.1 Å². The number of ether oxygens (including phenoxy) is 1. The van der Waals surface area contributed by atoms with Crippen molar-refractivity contribution in [3.63, 3.8) is 0 Å². The quantitative estimate of drug-likeness (QED) is 0.473. The maximum atomic E-state index is 14.1. The molecular formula is C27H29FN2O3. The standard InChI is InChI=1S/C27H29FN2O3/c28-26-14-8-7-13-25(26)27-15-24(33-29-27)18-30(16-21-9-3-1-4-10-21)17-23(31)20-32-19-22-11-5-2-6-12-22/h1-14,23-24,31H,15-20H2. The predicted molar refractivity (Wildman–Crippen MR) is 126 cm³/mol. The molecule has 0 radical (unpaired) electrons. The van der Waals surface area contributed by atoms with Crippen LogP contribution in [-0.2, 0) is 22.7 Å². The second-order valence-electron chi connectivity index (χ2n) is 8.28. The molecule has 1 aliphatic heterocycles. The summed E-state index contributed by atoms with van der Waals surface area (Å²) in [4.78, 5) is 7.77. The van der Waals surface area contributed by atoms with Gasteiger partial charge in [-0.3, -0.25) is 4.90 Å².